The summed E-state index contributed by atoms with van der Waals surface area (Å²) in [5, 5.41) is 0. The van der Waals surface area contributed by atoms with E-state index in [0.29, 0.717) is 0 Å². The van der Waals surface area contributed by atoms with E-state index < -0.39 is 0 Å². The molecule has 72 valence electrons. The van der Waals surface area contributed by atoms with Crippen molar-refractivity contribution < 1.29 is 4.48 Å². The molecule has 0 aromatic rings. The third-order valence-corrected chi connectivity index (χ3v) is 0. The topological polar surface area (TPSA) is 0 Å². The molecule has 0 saturated carbocycles. The van der Waals surface area contributed by atoms with Crippen molar-refractivity contribution in [1.82, 2.24) is 0 Å². The highest BCUT2D eigenvalue weighted by Gasteiger charge is 1.88. The van der Waals surface area contributed by atoms with Crippen molar-refractivity contribution in [3.8, 4) is 0 Å². The Labute approximate surface area is 150 Å². The lowest BCUT2D eigenvalue weighted by Gasteiger charge is -2.14. The molecule has 0 rings (SSSR count). The summed E-state index contributed by atoms with van der Waals surface area (Å²) in [6, 6.07) is 0. The number of quaternary nitrogens is 1. The molecule has 0 aromatic carbocycles. The summed E-state index contributed by atoms with van der Waals surface area (Å²) in [5.74, 6) is 0. The number of rotatable bonds is 0. The van der Waals surface area contributed by atoms with E-state index in [4.69, 9.17) is 0 Å². The first-order valence-corrected chi connectivity index (χ1v) is 1.79. The molecule has 0 heterocycles. The summed E-state index contributed by atoms with van der Waals surface area (Å²) < 4.78 is 1.00. The van der Waals surface area contributed by atoms with Crippen molar-refractivity contribution in [3.63, 3.8) is 0 Å². The summed E-state index contributed by atoms with van der Waals surface area (Å²) in [4.78, 5) is 0. The Bertz CT molecular complexity index is 29.1. The monoisotopic (exact) mass is 714 g/mol. The fourth-order valence-corrected chi connectivity index (χ4v) is 0. The molecule has 0 fully saturated rings. The third kappa shape index (κ3) is 100. The molecular weight excluding hydrogens is 697 g/mol. The van der Waals surface area contributed by atoms with Gasteiger partial charge in [0.05, 0.1) is 28.2 Å². The van der Waals surface area contributed by atoms with Gasteiger partial charge in [0.15, 0.2) is 0 Å². The van der Waals surface area contributed by atoms with Crippen LogP contribution < -0.4 is 0 Å². The van der Waals surface area contributed by atoms with E-state index >= 15 is 0 Å². The zero-order valence-electron chi connectivity index (χ0n) is 6.49. The molecule has 0 aliphatic heterocycles. The van der Waals surface area contributed by atoms with E-state index in [2.05, 4.69) is 28.2 Å². The Morgan fingerprint density at radius 3 is 0.500 bits per heavy atom. The van der Waals surface area contributed by atoms with Crippen molar-refractivity contribution in [2.45, 2.75) is 0 Å². The minimum atomic E-state index is 0. The van der Waals surface area contributed by atoms with Gasteiger partial charge in [-0.1, -0.05) is 0 Å². The average molecular weight is 714 g/mol. The van der Waals surface area contributed by atoms with Crippen LogP contribution in [0.4, 0.5) is 0 Å². The lowest BCUT2D eigenvalue weighted by atomic mass is 10.8. The van der Waals surface area contributed by atoms with E-state index in [-0.39, 0.29) is 120 Å². The first-order chi connectivity index (χ1) is 2.00. The fraction of sp³-hybridized carbons (Fsp3) is 1.00. The molecule has 0 radical (unpaired) electrons. The Kier molecular flexibility index (Phi) is 68.8. The third-order valence-electron chi connectivity index (χ3n) is 0. The normalized spacial score (nSPS) is 6.00. The van der Waals surface area contributed by atoms with Gasteiger partial charge >= 0.3 is 0 Å². The molecule has 0 aromatic heterocycles. The molecule has 0 N–H and O–H groups in total. The smallest absolute Gasteiger partial charge is 0.0675 e. The molecule has 0 aliphatic carbocycles. The van der Waals surface area contributed by atoms with Gasteiger partial charge in [-0.3, -0.25) is 0 Å². The Hall–Kier alpha value is 3.61. The van der Waals surface area contributed by atoms with Gasteiger partial charge in [0.25, 0.3) is 0 Å². The second-order valence-electron chi connectivity index (χ2n) is 2.68. The first-order valence-electron chi connectivity index (χ1n) is 1.79. The maximum atomic E-state index is 2.12. The van der Waals surface area contributed by atoms with Gasteiger partial charge in [0.1, 0.15) is 0 Å². The van der Waals surface area contributed by atoms with Crippen LogP contribution in [-0.4, -0.2) is 32.7 Å². The molecule has 1 nitrogen and oxygen atoms in total. The number of nitrogens with zero attached hydrogens (tertiary/aromatic N) is 1. The van der Waals surface area contributed by atoms with Crippen LogP contribution in [0.5, 0.6) is 0 Å². The molecule has 10 heavy (non-hydrogen) atoms. The highest BCUT2D eigenvalue weighted by atomic mass is 127. The van der Waals surface area contributed by atoms with Crippen molar-refractivity contribution >= 4 is 120 Å². The van der Waals surface area contributed by atoms with Crippen molar-refractivity contribution in [1.29, 1.82) is 0 Å². The van der Waals surface area contributed by atoms with Gasteiger partial charge in [-0.05, 0) is 0 Å². The average Bonchev–Trinajstić information content (AvgIpc) is 0.722. The molecule has 0 atom stereocenters. The number of hydrogen-bond acceptors (Lipinski definition) is 0. The van der Waals surface area contributed by atoms with Gasteiger partial charge in [-0.15, -0.1) is 120 Å². The van der Waals surface area contributed by atoms with Crippen LogP contribution in [-0.2, 0) is 0 Å². The predicted octanol–water partition coefficient (Wildman–Crippen LogP) is 3.41. The molecule has 0 amide bonds. The number of halogens is 5. The van der Waals surface area contributed by atoms with Crippen LogP contribution >= 0.6 is 120 Å². The second-order valence-corrected chi connectivity index (χ2v) is 2.68. The van der Waals surface area contributed by atoms with Gasteiger partial charge in [0.2, 0.25) is 0 Å². The van der Waals surface area contributed by atoms with E-state index in [1.807, 2.05) is 0 Å². The van der Waals surface area contributed by atoms with E-state index in [1.165, 1.54) is 0 Å². The lowest BCUT2D eigenvalue weighted by Crippen LogP contribution is -2.27. The Morgan fingerprint density at radius 1 is 0.500 bits per heavy atom. The number of hydrogen-bond donors (Lipinski definition) is 0. The maximum Gasteiger partial charge on any atom is 0.0675 e. The minimum absolute atomic E-state index is 0. The van der Waals surface area contributed by atoms with Gasteiger partial charge in [-0.25, -0.2) is 0 Å². The standard InChI is InChI=1S/C4H12N.5HI/c1-5(2,3)4;;;;;/h1-4H3;5*1H/q+1;;;;;. The van der Waals surface area contributed by atoms with E-state index in [9.17, 15) is 0 Å². The Balaban J connectivity index is -0.00000000800. The summed E-state index contributed by atoms with van der Waals surface area (Å²) >= 11 is 0. The van der Waals surface area contributed by atoms with Crippen LogP contribution in [0.2, 0.25) is 0 Å². The molecule has 0 spiro atoms. The van der Waals surface area contributed by atoms with Crippen molar-refractivity contribution in [2.75, 3.05) is 28.2 Å². The quantitative estimate of drug-likeness (QED) is 0.267. The molecular formula is C4H17I5N+. The first kappa shape index (κ1) is 37.4. The van der Waals surface area contributed by atoms with Crippen LogP contribution in [0.25, 0.3) is 0 Å². The van der Waals surface area contributed by atoms with Crippen molar-refractivity contribution in [2.24, 2.45) is 0 Å². The molecule has 0 unspecified atom stereocenters. The van der Waals surface area contributed by atoms with Crippen LogP contribution in [0.15, 0.2) is 0 Å². The SMILES string of the molecule is C[N+](C)(C)C.I.I.I.I.I. The molecule has 0 aliphatic rings. The molecule has 0 saturated heterocycles. The largest absolute Gasteiger partial charge is 0.333 e. The second kappa shape index (κ2) is 18.4. The minimum Gasteiger partial charge on any atom is -0.333 e. The predicted molar refractivity (Wildman–Crippen MR) is 101 cm³/mol. The van der Waals surface area contributed by atoms with Crippen molar-refractivity contribution in [3.05, 3.63) is 0 Å². The summed E-state index contributed by atoms with van der Waals surface area (Å²) in [5.41, 5.74) is 0. The lowest BCUT2D eigenvalue weighted by molar-refractivity contribution is -0.849. The van der Waals surface area contributed by atoms with E-state index in [0.717, 1.165) is 4.48 Å². The van der Waals surface area contributed by atoms with Gasteiger partial charge in [-0.2, -0.15) is 0 Å². The molecule has 0 bridgehead atoms. The van der Waals surface area contributed by atoms with E-state index in [1.54, 1.807) is 0 Å². The highest BCUT2D eigenvalue weighted by molar-refractivity contribution is 14.0. The summed E-state index contributed by atoms with van der Waals surface area (Å²) in [7, 11) is 8.50. The maximum absolute atomic E-state index is 2.12. The zero-order valence-corrected chi connectivity index (χ0v) is 18.1. The van der Waals surface area contributed by atoms with Crippen LogP contribution in [0.3, 0.4) is 0 Å². The zero-order chi connectivity index (χ0) is 4.50. The van der Waals surface area contributed by atoms with Gasteiger partial charge in [0, 0.05) is 0 Å². The summed E-state index contributed by atoms with van der Waals surface area (Å²) in [6.45, 7) is 0. The summed E-state index contributed by atoms with van der Waals surface area (Å²) in [6.07, 6.45) is 0. The van der Waals surface area contributed by atoms with Crippen LogP contribution in [0, 0.1) is 0 Å². The van der Waals surface area contributed by atoms with Crippen LogP contribution in [0.1, 0.15) is 0 Å². The highest BCUT2D eigenvalue weighted by Crippen LogP contribution is 1.73. The molecule has 6 heteroatoms. The fourth-order valence-electron chi connectivity index (χ4n) is 0. The van der Waals surface area contributed by atoms with Gasteiger partial charge < -0.3 is 4.48 Å². The Morgan fingerprint density at radius 2 is 0.500 bits per heavy atom.